The van der Waals surface area contributed by atoms with Gasteiger partial charge in [0.15, 0.2) is 5.76 Å². The van der Waals surface area contributed by atoms with E-state index in [1.165, 1.54) is 9.75 Å². The minimum Gasteiger partial charge on any atom is -0.475 e. The number of nitrogens with zero attached hydrogens (tertiary/aromatic N) is 2. The van der Waals surface area contributed by atoms with Crippen LogP contribution in [0.1, 0.15) is 33.2 Å². The molecule has 2 fully saturated rings. The first-order valence-electron chi connectivity index (χ1n) is 10.1. The van der Waals surface area contributed by atoms with E-state index in [2.05, 4.69) is 24.0 Å². The third-order valence-electron chi connectivity index (χ3n) is 5.30. The monoisotopic (exact) mass is 474 g/mol. The standard InChI is InChI=1S/C19H24N2O3S.C2HF3O2/c1-15-5-6-16(25-15)12-20-9-11-24-19(13-20)7-3-8-21(14-19)18(22)17-4-2-10-23-17;3-2(4,5)1(6)7/h2,4-6,10H,3,7-9,11-14H2,1H3;(H,6,7). The average molecular weight is 475 g/mol. The van der Waals surface area contributed by atoms with Crippen molar-refractivity contribution in [2.75, 3.05) is 32.8 Å². The number of likely N-dealkylation sites (tertiary alicyclic amines) is 1. The number of morpholine rings is 1. The molecule has 1 amide bonds. The van der Waals surface area contributed by atoms with Gasteiger partial charge in [-0.3, -0.25) is 9.69 Å². The molecule has 176 valence electrons. The third kappa shape index (κ3) is 6.33. The highest BCUT2D eigenvalue weighted by atomic mass is 32.1. The number of carbonyl (C=O) groups is 2. The zero-order valence-electron chi connectivity index (χ0n) is 17.6. The van der Waals surface area contributed by atoms with Gasteiger partial charge in [-0.1, -0.05) is 0 Å². The molecule has 0 radical (unpaired) electrons. The van der Waals surface area contributed by atoms with Crippen LogP contribution in [0.25, 0.3) is 0 Å². The normalized spacial score (nSPS) is 21.8. The topological polar surface area (TPSA) is 83.2 Å². The quantitative estimate of drug-likeness (QED) is 0.729. The van der Waals surface area contributed by atoms with Gasteiger partial charge in [0.2, 0.25) is 0 Å². The summed E-state index contributed by atoms with van der Waals surface area (Å²) in [6, 6.07) is 7.89. The van der Waals surface area contributed by atoms with Gasteiger partial charge in [0.1, 0.15) is 0 Å². The second kappa shape index (κ2) is 10.1. The molecule has 2 aromatic rings. The molecule has 0 saturated carbocycles. The highest BCUT2D eigenvalue weighted by molar-refractivity contribution is 7.11. The fourth-order valence-electron chi connectivity index (χ4n) is 3.92. The number of halogens is 3. The Labute approximate surface area is 187 Å². The summed E-state index contributed by atoms with van der Waals surface area (Å²) in [4.78, 5) is 28.6. The van der Waals surface area contributed by atoms with Crippen molar-refractivity contribution in [2.45, 2.75) is 38.1 Å². The van der Waals surface area contributed by atoms with Crippen molar-refractivity contribution in [3.63, 3.8) is 0 Å². The summed E-state index contributed by atoms with van der Waals surface area (Å²) < 4.78 is 43.2. The summed E-state index contributed by atoms with van der Waals surface area (Å²) >= 11 is 1.86. The minimum atomic E-state index is -5.08. The minimum absolute atomic E-state index is 0.0290. The Morgan fingerprint density at radius 3 is 2.56 bits per heavy atom. The number of piperidine rings is 1. The van der Waals surface area contributed by atoms with Crippen molar-refractivity contribution in [1.29, 1.82) is 0 Å². The van der Waals surface area contributed by atoms with Crippen LogP contribution in [0.2, 0.25) is 0 Å². The average Bonchev–Trinajstić information content (AvgIpc) is 3.39. The summed E-state index contributed by atoms with van der Waals surface area (Å²) in [6.45, 7) is 7.09. The highest BCUT2D eigenvalue weighted by Crippen LogP contribution is 2.31. The predicted octanol–water partition coefficient (Wildman–Crippen LogP) is 3.79. The summed E-state index contributed by atoms with van der Waals surface area (Å²) in [7, 11) is 0. The maximum atomic E-state index is 12.6. The Morgan fingerprint density at radius 2 is 1.97 bits per heavy atom. The maximum absolute atomic E-state index is 12.6. The van der Waals surface area contributed by atoms with Gasteiger partial charge < -0.3 is 19.2 Å². The van der Waals surface area contributed by atoms with Gasteiger partial charge in [0.05, 0.1) is 25.0 Å². The number of amides is 1. The molecule has 1 N–H and O–H groups in total. The second-order valence-corrected chi connectivity index (χ2v) is 9.24. The SMILES string of the molecule is Cc1ccc(CN2CCOC3(CCCN(C(=O)c4ccco4)C3)C2)s1.O=C(O)C(F)(F)F. The lowest BCUT2D eigenvalue weighted by Crippen LogP contribution is -2.60. The molecule has 2 aliphatic heterocycles. The summed E-state index contributed by atoms with van der Waals surface area (Å²) in [5.74, 6) is -2.37. The smallest absolute Gasteiger partial charge is 0.475 e. The summed E-state index contributed by atoms with van der Waals surface area (Å²) in [5.41, 5.74) is -0.245. The van der Waals surface area contributed by atoms with Gasteiger partial charge in [-0.25, -0.2) is 4.79 Å². The van der Waals surface area contributed by atoms with Crippen LogP contribution in [0.15, 0.2) is 34.9 Å². The molecule has 0 aromatic carbocycles. The van der Waals surface area contributed by atoms with E-state index < -0.39 is 12.1 Å². The zero-order valence-corrected chi connectivity index (χ0v) is 18.4. The maximum Gasteiger partial charge on any atom is 0.490 e. The van der Waals surface area contributed by atoms with E-state index >= 15 is 0 Å². The first kappa shape index (κ1) is 24.3. The van der Waals surface area contributed by atoms with Crippen LogP contribution in [0, 0.1) is 6.92 Å². The molecule has 32 heavy (non-hydrogen) atoms. The van der Waals surface area contributed by atoms with Crippen molar-refractivity contribution in [1.82, 2.24) is 9.80 Å². The number of carboxylic acid groups (broad SMARTS) is 1. The van der Waals surface area contributed by atoms with Crippen LogP contribution in [0.5, 0.6) is 0 Å². The largest absolute Gasteiger partial charge is 0.490 e. The van der Waals surface area contributed by atoms with Crippen LogP contribution in [0.3, 0.4) is 0 Å². The van der Waals surface area contributed by atoms with E-state index in [-0.39, 0.29) is 11.5 Å². The van der Waals surface area contributed by atoms with E-state index in [0.717, 1.165) is 45.6 Å². The number of carbonyl (C=O) groups excluding carboxylic acids is 1. The number of hydrogen-bond acceptors (Lipinski definition) is 6. The number of carboxylic acids is 1. The Balaban J connectivity index is 0.000000360. The van der Waals surface area contributed by atoms with Gasteiger partial charge in [-0.15, -0.1) is 11.3 Å². The van der Waals surface area contributed by atoms with Crippen molar-refractivity contribution in [3.05, 3.63) is 46.0 Å². The van der Waals surface area contributed by atoms with Crippen LogP contribution in [0.4, 0.5) is 13.2 Å². The lowest BCUT2D eigenvalue weighted by molar-refractivity contribution is -0.192. The first-order chi connectivity index (χ1) is 15.1. The molecular weight excluding hydrogens is 449 g/mol. The van der Waals surface area contributed by atoms with E-state index in [1.807, 2.05) is 16.2 Å². The highest BCUT2D eigenvalue weighted by Gasteiger charge is 2.42. The van der Waals surface area contributed by atoms with E-state index in [1.54, 1.807) is 18.4 Å². The van der Waals surface area contributed by atoms with Gasteiger partial charge in [-0.2, -0.15) is 13.2 Å². The molecule has 2 aliphatic rings. The first-order valence-corrected chi connectivity index (χ1v) is 10.9. The van der Waals surface area contributed by atoms with Crippen molar-refractivity contribution < 1.29 is 37.0 Å². The van der Waals surface area contributed by atoms with Crippen LogP contribution < -0.4 is 0 Å². The third-order valence-corrected chi connectivity index (χ3v) is 6.29. The molecule has 2 saturated heterocycles. The number of hydrogen-bond donors (Lipinski definition) is 1. The van der Waals surface area contributed by atoms with Crippen molar-refractivity contribution in [3.8, 4) is 0 Å². The fraction of sp³-hybridized carbons (Fsp3) is 0.524. The predicted molar refractivity (Wildman–Crippen MR) is 111 cm³/mol. The molecule has 11 heteroatoms. The Hall–Kier alpha value is -2.37. The molecule has 2 aromatic heterocycles. The number of furan rings is 1. The summed E-state index contributed by atoms with van der Waals surface area (Å²) in [6.07, 6.45) is -1.55. The Bertz CT molecular complexity index is 911. The van der Waals surface area contributed by atoms with Gasteiger partial charge >= 0.3 is 12.1 Å². The Morgan fingerprint density at radius 1 is 1.22 bits per heavy atom. The molecule has 1 spiro atoms. The zero-order chi connectivity index (χ0) is 23.4. The molecular formula is C21H25F3N2O5S. The molecule has 1 unspecified atom stereocenters. The number of rotatable bonds is 3. The molecule has 0 aliphatic carbocycles. The molecule has 4 rings (SSSR count). The lowest BCUT2D eigenvalue weighted by atomic mass is 9.90. The van der Waals surface area contributed by atoms with E-state index in [9.17, 15) is 18.0 Å². The molecule has 4 heterocycles. The molecule has 0 bridgehead atoms. The van der Waals surface area contributed by atoms with Crippen LogP contribution in [-0.2, 0) is 16.1 Å². The van der Waals surface area contributed by atoms with Gasteiger partial charge in [0.25, 0.3) is 5.91 Å². The number of thiophene rings is 1. The lowest BCUT2D eigenvalue weighted by Gasteiger charge is -2.47. The van der Waals surface area contributed by atoms with Gasteiger partial charge in [0, 0.05) is 35.9 Å². The summed E-state index contributed by atoms with van der Waals surface area (Å²) in [5, 5.41) is 7.12. The van der Waals surface area contributed by atoms with Crippen molar-refractivity contribution >= 4 is 23.2 Å². The molecule has 1 atom stereocenters. The second-order valence-electron chi connectivity index (χ2n) is 7.86. The van der Waals surface area contributed by atoms with Crippen molar-refractivity contribution in [2.24, 2.45) is 0 Å². The van der Waals surface area contributed by atoms with E-state index in [0.29, 0.717) is 12.3 Å². The molecule has 7 nitrogen and oxygen atoms in total. The Kier molecular flexibility index (Phi) is 7.63. The van der Waals surface area contributed by atoms with E-state index in [4.69, 9.17) is 19.1 Å². The van der Waals surface area contributed by atoms with Crippen LogP contribution >= 0.6 is 11.3 Å². The van der Waals surface area contributed by atoms with Crippen LogP contribution in [-0.4, -0.2) is 71.3 Å². The number of ether oxygens (including phenoxy) is 1. The number of alkyl halides is 3. The fourth-order valence-corrected chi connectivity index (χ4v) is 4.86. The number of aryl methyl sites for hydroxylation is 1. The van der Waals surface area contributed by atoms with Gasteiger partial charge in [-0.05, 0) is 44.0 Å². The number of aliphatic carboxylic acids is 1.